The third-order valence-corrected chi connectivity index (χ3v) is 13.3. The number of carbonyl (C=O) groups excluding carboxylic acids is 1. The average molecular weight is 495 g/mol. The van der Waals surface area contributed by atoms with Gasteiger partial charge >= 0.3 is 0 Å². The molecule has 3 aromatic rings. The van der Waals surface area contributed by atoms with Crippen LogP contribution in [0.2, 0.25) is 0 Å². The van der Waals surface area contributed by atoms with Crippen molar-refractivity contribution in [2.75, 3.05) is 5.75 Å². The standard InChI is InChI=1S/C28H30O4S2/c1-27(2)22-18-19-28(27,26(29)20-22)21-33(30,31)32-34(23-12-6-3-7-13-23,24-14-8-4-9-15-24)25-16-10-5-11-17-25/h3-17,22H,18-21H2,1-2H3. The second-order valence-electron chi connectivity index (χ2n) is 9.93. The van der Waals surface area contributed by atoms with Crippen LogP contribution in [0, 0.1) is 16.7 Å². The first kappa shape index (κ1) is 23.3. The molecule has 6 heteroatoms. The number of ketones is 1. The lowest BCUT2D eigenvalue weighted by molar-refractivity contribution is -0.128. The average Bonchev–Trinajstić information content (AvgIpc) is 3.18. The highest BCUT2D eigenvalue weighted by Crippen LogP contribution is 2.71. The molecule has 0 amide bonds. The summed E-state index contributed by atoms with van der Waals surface area (Å²) in [7, 11) is -6.71. The first-order valence-corrected chi connectivity index (χ1v) is 14.8. The lowest BCUT2D eigenvalue weighted by Crippen LogP contribution is -2.42. The third kappa shape index (κ3) is 3.55. The molecule has 34 heavy (non-hydrogen) atoms. The molecule has 2 saturated carbocycles. The molecule has 0 aliphatic heterocycles. The highest BCUT2D eigenvalue weighted by molar-refractivity contribution is 8.33. The number of benzene rings is 3. The lowest BCUT2D eigenvalue weighted by Gasteiger charge is -2.41. The van der Waals surface area contributed by atoms with Gasteiger partial charge in [0.15, 0.2) is 0 Å². The predicted molar refractivity (Wildman–Crippen MR) is 135 cm³/mol. The molecule has 0 aromatic heterocycles. The van der Waals surface area contributed by atoms with E-state index in [1.54, 1.807) is 0 Å². The minimum absolute atomic E-state index is 0.0701. The Morgan fingerprint density at radius 1 is 0.794 bits per heavy atom. The Morgan fingerprint density at radius 3 is 1.59 bits per heavy atom. The maximum Gasteiger partial charge on any atom is 0.278 e. The zero-order chi connectivity index (χ0) is 24.0. The molecule has 3 aromatic carbocycles. The van der Waals surface area contributed by atoms with E-state index >= 15 is 0 Å². The van der Waals surface area contributed by atoms with Crippen molar-refractivity contribution in [3.63, 3.8) is 0 Å². The van der Waals surface area contributed by atoms with Gasteiger partial charge in [-0.2, -0.15) is 8.42 Å². The molecule has 2 bridgehead atoms. The minimum atomic E-state index is -4.10. The van der Waals surface area contributed by atoms with E-state index in [-0.39, 0.29) is 22.9 Å². The normalized spacial score (nSPS) is 24.3. The summed E-state index contributed by atoms with van der Waals surface area (Å²) in [6, 6.07) is 28.7. The molecule has 0 N–H and O–H groups in total. The largest absolute Gasteiger partial charge is 0.299 e. The number of carbonyl (C=O) groups is 1. The van der Waals surface area contributed by atoms with E-state index in [4.69, 9.17) is 3.63 Å². The Balaban J connectivity index is 1.67. The summed E-state index contributed by atoms with van der Waals surface area (Å²) in [5.74, 6) is 0.0363. The van der Waals surface area contributed by atoms with E-state index in [1.165, 1.54) is 0 Å². The van der Waals surface area contributed by atoms with Crippen molar-refractivity contribution in [1.82, 2.24) is 0 Å². The van der Waals surface area contributed by atoms with Crippen molar-refractivity contribution in [2.24, 2.45) is 16.7 Å². The van der Waals surface area contributed by atoms with Crippen LogP contribution in [0.1, 0.15) is 33.1 Å². The van der Waals surface area contributed by atoms with Crippen LogP contribution in [0.15, 0.2) is 106 Å². The molecule has 2 fully saturated rings. The fourth-order valence-electron chi connectivity index (χ4n) is 5.95. The molecule has 5 rings (SSSR count). The molecular formula is C28H30O4S2. The monoisotopic (exact) mass is 494 g/mol. The molecule has 0 spiro atoms. The summed E-state index contributed by atoms with van der Waals surface area (Å²) in [6.07, 6.45) is 1.97. The summed E-state index contributed by atoms with van der Waals surface area (Å²) >= 11 is 0. The molecule has 2 aliphatic rings. The van der Waals surface area contributed by atoms with Crippen molar-refractivity contribution in [3.8, 4) is 0 Å². The second-order valence-corrected chi connectivity index (χ2v) is 14.4. The maximum absolute atomic E-state index is 14.0. The number of Topliss-reactive ketones (excluding diaryl/α,β-unsaturated/α-hetero) is 1. The SMILES string of the molecule is CC1(C)C2CCC1(CS(=O)(=O)OS(c1ccccc1)(c1ccccc1)c1ccccc1)C(=O)C2. The molecule has 2 aliphatic carbocycles. The van der Waals surface area contributed by atoms with Crippen LogP contribution < -0.4 is 0 Å². The lowest BCUT2D eigenvalue weighted by atomic mass is 9.70. The van der Waals surface area contributed by atoms with Gasteiger partial charge < -0.3 is 0 Å². The van der Waals surface area contributed by atoms with E-state index in [2.05, 4.69) is 13.8 Å². The molecular weight excluding hydrogens is 464 g/mol. The first-order valence-electron chi connectivity index (χ1n) is 11.7. The van der Waals surface area contributed by atoms with Crippen LogP contribution >= 0.6 is 10.3 Å². The summed E-state index contributed by atoms with van der Waals surface area (Å²) in [4.78, 5) is 15.5. The Hall–Kier alpha value is -2.41. The fraction of sp³-hybridized carbons (Fsp3) is 0.321. The van der Waals surface area contributed by atoms with Gasteiger partial charge in [-0.3, -0.25) is 4.79 Å². The number of hydrogen-bond donors (Lipinski definition) is 0. The van der Waals surface area contributed by atoms with Crippen LogP contribution in [0.3, 0.4) is 0 Å². The van der Waals surface area contributed by atoms with E-state index < -0.39 is 25.8 Å². The van der Waals surface area contributed by atoms with Crippen LogP contribution in [0.5, 0.6) is 0 Å². The van der Waals surface area contributed by atoms with Crippen LogP contribution in [-0.2, 0) is 18.5 Å². The van der Waals surface area contributed by atoms with Crippen molar-refractivity contribution in [3.05, 3.63) is 91.0 Å². The van der Waals surface area contributed by atoms with Crippen molar-refractivity contribution >= 4 is 26.2 Å². The van der Waals surface area contributed by atoms with Crippen molar-refractivity contribution in [1.29, 1.82) is 0 Å². The fourth-order valence-corrected chi connectivity index (χ4v) is 12.0. The highest BCUT2D eigenvalue weighted by atomic mass is 32.3. The highest BCUT2D eigenvalue weighted by Gasteiger charge is 2.65. The van der Waals surface area contributed by atoms with Crippen LogP contribution in [0.4, 0.5) is 0 Å². The van der Waals surface area contributed by atoms with Gasteiger partial charge in [-0.05, 0) is 70.9 Å². The zero-order valence-corrected chi connectivity index (χ0v) is 21.1. The maximum atomic E-state index is 14.0. The van der Waals surface area contributed by atoms with Crippen LogP contribution in [0.25, 0.3) is 0 Å². The second kappa shape index (κ2) is 8.36. The summed E-state index contributed by atoms with van der Waals surface area (Å²) in [6.45, 7) is 4.10. The number of fused-ring (bicyclic) bond motifs is 2. The van der Waals surface area contributed by atoms with Crippen molar-refractivity contribution < 1.29 is 16.8 Å². The smallest absolute Gasteiger partial charge is 0.278 e. The Morgan fingerprint density at radius 2 is 1.24 bits per heavy atom. The molecule has 0 heterocycles. The zero-order valence-electron chi connectivity index (χ0n) is 19.5. The predicted octanol–water partition coefficient (Wildman–Crippen LogP) is 6.63. The van der Waals surface area contributed by atoms with E-state index in [9.17, 15) is 13.2 Å². The molecule has 4 nitrogen and oxygen atoms in total. The van der Waals surface area contributed by atoms with Crippen molar-refractivity contribution in [2.45, 2.75) is 47.8 Å². The number of rotatable bonds is 7. The number of hydrogen-bond acceptors (Lipinski definition) is 4. The summed E-state index contributed by atoms with van der Waals surface area (Å²) < 4.78 is 34.4. The Labute approximate surface area is 204 Å². The minimum Gasteiger partial charge on any atom is -0.299 e. The molecule has 2 atom stereocenters. The van der Waals surface area contributed by atoms with Gasteiger partial charge in [-0.15, -0.1) is 0 Å². The summed E-state index contributed by atoms with van der Waals surface area (Å²) in [5, 5.41) is 0. The van der Waals surface area contributed by atoms with Gasteiger partial charge in [-0.25, -0.2) is 3.63 Å². The Kier molecular flexibility index (Phi) is 5.74. The molecule has 0 saturated heterocycles. The summed E-state index contributed by atoms with van der Waals surface area (Å²) in [5.41, 5.74) is -1.24. The topological polar surface area (TPSA) is 60.4 Å². The van der Waals surface area contributed by atoms with Gasteiger partial charge in [0, 0.05) is 21.1 Å². The quantitative estimate of drug-likeness (QED) is 0.370. The molecule has 178 valence electrons. The molecule has 0 radical (unpaired) electrons. The van der Waals surface area contributed by atoms with Gasteiger partial charge in [0.1, 0.15) is 5.78 Å². The van der Waals surface area contributed by atoms with E-state index in [0.29, 0.717) is 12.8 Å². The third-order valence-electron chi connectivity index (χ3n) is 7.99. The van der Waals surface area contributed by atoms with E-state index in [0.717, 1.165) is 21.1 Å². The van der Waals surface area contributed by atoms with Crippen LogP contribution in [-0.4, -0.2) is 20.0 Å². The molecule has 2 unspecified atom stereocenters. The van der Waals surface area contributed by atoms with Gasteiger partial charge in [0.05, 0.1) is 11.2 Å². The van der Waals surface area contributed by atoms with Gasteiger partial charge in [0.2, 0.25) is 0 Å². The Bertz CT molecular complexity index is 1190. The van der Waals surface area contributed by atoms with E-state index in [1.807, 2.05) is 91.0 Å². The van der Waals surface area contributed by atoms with Gasteiger partial charge in [0.25, 0.3) is 10.1 Å². The van der Waals surface area contributed by atoms with Gasteiger partial charge in [-0.1, -0.05) is 68.4 Å². The first-order chi connectivity index (χ1) is 16.2.